The van der Waals surface area contributed by atoms with Crippen molar-refractivity contribution in [3.8, 4) is 19.2 Å². The second kappa shape index (κ2) is 14.3. The average molecular weight is 814 g/mol. The Bertz CT molecular complexity index is 2030. The van der Waals surface area contributed by atoms with E-state index in [1.54, 1.807) is 0 Å². The van der Waals surface area contributed by atoms with Gasteiger partial charge in [0.15, 0.2) is 5.41 Å². The Balaban J connectivity index is 1.21. The zero-order valence-electron chi connectivity index (χ0n) is 36.6. The maximum Gasteiger partial charge on any atom is 0.324 e. The van der Waals surface area contributed by atoms with Crippen LogP contribution >= 0.6 is 0 Å². The van der Waals surface area contributed by atoms with Crippen LogP contribution in [0.1, 0.15) is 138 Å². The molecule has 316 valence electrons. The summed E-state index contributed by atoms with van der Waals surface area (Å²) in [5.41, 5.74) is -0.195. The third-order valence-corrected chi connectivity index (χ3v) is 21.2. The molecule has 2 N–H and O–H groups in total. The maximum absolute atomic E-state index is 12.2. The van der Waals surface area contributed by atoms with E-state index in [2.05, 4.69) is 63.9 Å². The zero-order chi connectivity index (χ0) is 42.4. The molecule has 0 aromatic heterocycles. The van der Waals surface area contributed by atoms with Gasteiger partial charge in [0, 0.05) is 37.7 Å². The van der Waals surface area contributed by atoms with Crippen molar-refractivity contribution >= 4 is 15.8 Å². The number of hydrogen-bond donors (Lipinski definition) is 2. The van der Waals surface area contributed by atoms with Crippen molar-refractivity contribution in [1.82, 2.24) is 10.2 Å². The number of nitrogens with zero attached hydrogens (tertiary/aromatic N) is 4. The topological polar surface area (TPSA) is 119 Å². The molecule has 0 bridgehead atoms. The molecule has 0 spiro atoms. The first-order valence-electron chi connectivity index (χ1n) is 22.4. The van der Waals surface area contributed by atoms with Gasteiger partial charge in [0.2, 0.25) is 0 Å². The van der Waals surface area contributed by atoms with Crippen molar-refractivity contribution in [3.05, 3.63) is 45.1 Å². The summed E-state index contributed by atoms with van der Waals surface area (Å²) in [7, 11) is -3.00. The van der Waals surface area contributed by atoms with Crippen LogP contribution in [-0.2, 0) is 14.6 Å². The number of fused-ring (bicyclic) bond motifs is 7. The summed E-state index contributed by atoms with van der Waals surface area (Å²) in [6.07, 6.45) is 18.0. The van der Waals surface area contributed by atoms with Gasteiger partial charge in [-0.25, -0.2) is 8.42 Å². The van der Waals surface area contributed by atoms with Crippen molar-refractivity contribution < 1.29 is 18.3 Å². The summed E-state index contributed by atoms with van der Waals surface area (Å²) >= 11 is 0. The van der Waals surface area contributed by atoms with Crippen LogP contribution in [0.5, 0.6) is 0 Å². The molecule has 7 aliphatic rings. The van der Waals surface area contributed by atoms with Gasteiger partial charge in [-0.2, -0.15) is 5.26 Å². The summed E-state index contributed by atoms with van der Waals surface area (Å²) in [6.45, 7) is 36.2. The van der Waals surface area contributed by atoms with E-state index in [-0.39, 0.29) is 34.5 Å². The molecule has 10 heteroatoms. The summed E-state index contributed by atoms with van der Waals surface area (Å²) in [4.78, 5) is 24.8. The van der Waals surface area contributed by atoms with E-state index in [1.165, 1.54) is 17.4 Å². The van der Waals surface area contributed by atoms with Crippen LogP contribution in [0.15, 0.2) is 35.5 Å². The maximum atomic E-state index is 12.2. The fraction of sp³-hybridized carbons (Fsp3) is 0.792. The van der Waals surface area contributed by atoms with E-state index >= 15 is 0 Å². The van der Waals surface area contributed by atoms with Crippen molar-refractivity contribution in [1.29, 1.82) is 5.26 Å². The van der Waals surface area contributed by atoms with Crippen LogP contribution in [0.25, 0.3) is 9.69 Å². The van der Waals surface area contributed by atoms with Crippen LogP contribution in [0.4, 0.5) is 0 Å². The molecule has 2 unspecified atom stereocenters. The molecule has 10 atom stereocenters. The number of sulfone groups is 1. The second-order valence-electron chi connectivity index (χ2n) is 21.2. The largest absolute Gasteiger partial charge is 0.480 e. The monoisotopic (exact) mass is 814 g/mol. The number of likely N-dealkylation sites (tertiary alicyclic amines) is 1. The van der Waals surface area contributed by atoms with E-state index in [4.69, 9.17) is 29.4 Å². The lowest BCUT2D eigenvalue weighted by Crippen LogP contribution is -2.78. The first-order chi connectivity index (χ1) is 27.2. The summed E-state index contributed by atoms with van der Waals surface area (Å²) in [5.74, 6) is 0.331. The number of carboxylic acids is 1. The Morgan fingerprint density at radius 3 is 2.21 bits per heavy atom. The minimum atomic E-state index is -3.00. The first kappa shape index (κ1) is 43.1. The Morgan fingerprint density at radius 2 is 1.64 bits per heavy atom. The Morgan fingerprint density at radius 1 is 0.948 bits per heavy atom. The molecule has 0 aromatic rings. The van der Waals surface area contributed by atoms with E-state index in [0.717, 1.165) is 109 Å². The summed E-state index contributed by atoms with van der Waals surface area (Å²) < 4.78 is 24.4. The van der Waals surface area contributed by atoms with Gasteiger partial charge in [-0.15, -0.1) is 0 Å². The molecule has 58 heavy (non-hydrogen) atoms. The Labute approximate surface area is 349 Å². The van der Waals surface area contributed by atoms with Crippen LogP contribution in [0.3, 0.4) is 0 Å². The lowest BCUT2D eigenvalue weighted by molar-refractivity contribution is -0.219. The molecule has 0 aromatic carbocycles. The third-order valence-electron chi connectivity index (χ3n) is 19.5. The highest BCUT2D eigenvalue weighted by atomic mass is 32.2. The highest BCUT2D eigenvalue weighted by molar-refractivity contribution is 7.91. The second-order valence-corrected chi connectivity index (χ2v) is 23.5. The number of carboxylic acid groups (broad SMARTS) is 1. The number of carbonyl (C=O) groups is 1. The highest BCUT2D eigenvalue weighted by Crippen LogP contribution is 2.80. The van der Waals surface area contributed by atoms with Crippen molar-refractivity contribution in [2.24, 2.45) is 44.8 Å². The smallest absolute Gasteiger partial charge is 0.324 e. The standard InChI is InChI=1S/C48H70N5O4S/c1-11-33(2)36-14-22-46(52-28-31-53-29-17-35(18-30-53)58(10,56)57)26-24-42(5)38(39(36)46)16-23-48(51-9)43(42,6)25-27-47(50-8)41(3,4)37(15-19-44(47,48)7)34-12-20-45(32-49,21-13-34)40(54)55/h8-9,12,15,35-36,38-39,52H,2,11,13-14,16-31H2,1,3-7,10H3/q+1/p+1/t36-,38+,39?,42+,43-,44-,45?,46-,47+,48+/m0/s1. The van der Waals surface area contributed by atoms with Crippen LogP contribution < -0.4 is 5.32 Å². The minimum absolute atomic E-state index is 0.0329. The molecule has 6 aliphatic carbocycles. The van der Waals surface area contributed by atoms with Gasteiger partial charge in [0.1, 0.15) is 15.3 Å². The fourth-order valence-electron chi connectivity index (χ4n) is 15.7. The molecule has 9 nitrogen and oxygen atoms in total. The Hall–Kier alpha value is -2.97. The third kappa shape index (κ3) is 5.61. The van der Waals surface area contributed by atoms with E-state index in [0.29, 0.717) is 24.2 Å². The van der Waals surface area contributed by atoms with Crippen molar-refractivity contribution in [2.45, 2.75) is 160 Å². The van der Waals surface area contributed by atoms with Gasteiger partial charge in [0.25, 0.3) is 18.7 Å². The Kier molecular flexibility index (Phi) is 10.6. The number of rotatable bonds is 9. The lowest BCUT2D eigenvalue weighted by atomic mass is 9.28. The predicted octanol–water partition coefficient (Wildman–Crippen LogP) is 9.30. The highest BCUT2D eigenvalue weighted by Gasteiger charge is 2.89. The van der Waals surface area contributed by atoms with E-state index in [9.17, 15) is 23.6 Å². The van der Waals surface area contributed by atoms with Gasteiger partial charge in [-0.1, -0.05) is 54.8 Å². The summed E-state index contributed by atoms with van der Waals surface area (Å²) in [5, 5.41) is 23.8. The van der Waals surface area contributed by atoms with Gasteiger partial charge in [0.05, 0.1) is 22.1 Å². The number of nitriles is 1. The molecule has 1 saturated heterocycles. The van der Waals surface area contributed by atoms with Crippen molar-refractivity contribution in [3.63, 3.8) is 0 Å². The number of hydrogen-bond acceptors (Lipinski definition) is 6. The SMILES string of the molecule is C#[N+][C@]12CC[C@@H]3C4[C@H](C(=C)CC)CC[C@]4(NCCN4CCC(S(C)(=O)=O)CC4)CC[C@@]3(C)[C@]1(C)CC[C@@]1([N+]#C)C(C)(C)C(C3=CCC(C#N)(C(=O)O)CC3)=CC[C@]21C. The van der Waals surface area contributed by atoms with Crippen LogP contribution in [0, 0.1) is 69.3 Å². The van der Waals surface area contributed by atoms with Crippen LogP contribution in [0.2, 0.25) is 0 Å². The fourth-order valence-corrected chi connectivity index (χ4v) is 16.8. The average Bonchev–Trinajstić information content (AvgIpc) is 3.57. The lowest BCUT2D eigenvalue weighted by Gasteiger charge is -2.70. The predicted molar refractivity (Wildman–Crippen MR) is 232 cm³/mol. The molecule has 7 rings (SSSR count). The zero-order valence-corrected chi connectivity index (χ0v) is 37.4. The van der Waals surface area contributed by atoms with Crippen molar-refractivity contribution in [2.75, 3.05) is 32.4 Å². The van der Waals surface area contributed by atoms with Gasteiger partial charge in [-0.05, 0) is 152 Å². The van der Waals surface area contributed by atoms with E-state index < -0.39 is 43.1 Å². The molecule has 1 heterocycles. The molecular weight excluding hydrogens is 743 g/mol. The molecular formula is C48H71N5O4S+2. The van der Waals surface area contributed by atoms with Gasteiger partial charge in [-0.3, -0.25) is 4.79 Å². The molecule has 1 aliphatic heterocycles. The first-order valence-corrected chi connectivity index (χ1v) is 24.4. The number of nitrogens with one attached hydrogen (secondary N) is 1. The number of allylic oxidation sites excluding steroid dienone is 4. The molecule has 0 radical (unpaired) electrons. The molecule has 4 saturated carbocycles. The molecule has 0 amide bonds. The van der Waals surface area contributed by atoms with E-state index in [1.807, 2.05) is 6.08 Å². The quantitative estimate of drug-likeness (QED) is 0.223. The minimum Gasteiger partial charge on any atom is -0.480 e. The number of aliphatic carboxylic acids is 1. The molecule has 5 fully saturated rings. The van der Waals surface area contributed by atoms with Crippen LogP contribution in [-0.4, -0.2) is 78.7 Å². The number of piperidine rings is 1. The summed E-state index contributed by atoms with van der Waals surface area (Å²) in [6, 6.07) is 2.11. The van der Waals surface area contributed by atoms with Gasteiger partial charge < -0.3 is 15.3 Å². The normalized spacial score (nSPS) is 43.8. The van der Waals surface area contributed by atoms with Gasteiger partial charge >= 0.3 is 11.5 Å².